The third-order valence-electron chi connectivity index (χ3n) is 7.12. The maximum Gasteiger partial charge on any atom is 0.225 e. The highest BCUT2D eigenvalue weighted by Gasteiger charge is 2.36. The molecule has 2 unspecified atom stereocenters. The molecule has 180 valence electrons. The minimum atomic E-state index is 0.306. The van der Waals surface area contributed by atoms with Gasteiger partial charge in [0.05, 0.1) is 4.47 Å². The van der Waals surface area contributed by atoms with Crippen LogP contribution in [0.25, 0.3) is 0 Å². The average Bonchev–Trinajstić information content (AvgIpc) is 3.45. The van der Waals surface area contributed by atoms with E-state index in [2.05, 4.69) is 53.2 Å². The zero-order chi connectivity index (χ0) is 23.2. The molecule has 0 amide bonds. The summed E-state index contributed by atoms with van der Waals surface area (Å²) in [7, 11) is 0. The van der Waals surface area contributed by atoms with Crippen molar-refractivity contribution in [2.45, 2.75) is 39.2 Å². The van der Waals surface area contributed by atoms with E-state index < -0.39 is 0 Å². The fraction of sp³-hybridized carbons (Fsp3) is 0.600. The number of phenolic OH excluding ortho intramolecular Hbond substituents is 1. The SMILES string of the molecule is CCc1cnc(N2CC3CCCC3C2)nc1.CSN1CCN(Cc2ccc(O)c(Br)c2)CC1. The molecule has 8 heteroatoms. The van der Waals surface area contributed by atoms with Gasteiger partial charge in [-0.05, 0) is 76.5 Å². The number of hydrogen-bond acceptors (Lipinski definition) is 7. The van der Waals surface area contributed by atoms with Gasteiger partial charge < -0.3 is 10.0 Å². The predicted octanol–water partition coefficient (Wildman–Crippen LogP) is 4.83. The Morgan fingerprint density at radius 1 is 1.03 bits per heavy atom. The summed E-state index contributed by atoms with van der Waals surface area (Å²) in [5.41, 5.74) is 2.47. The number of hydrogen-bond donors (Lipinski definition) is 1. The monoisotopic (exact) mass is 533 g/mol. The minimum absolute atomic E-state index is 0.306. The van der Waals surface area contributed by atoms with Crippen molar-refractivity contribution in [2.24, 2.45) is 11.8 Å². The highest BCUT2D eigenvalue weighted by molar-refractivity contribution is 9.10. The Balaban J connectivity index is 0.000000157. The Bertz CT molecular complexity index is 879. The Hall–Kier alpha value is -1.35. The van der Waals surface area contributed by atoms with E-state index in [-0.39, 0.29) is 0 Å². The number of fused-ring (bicyclic) bond motifs is 1. The van der Waals surface area contributed by atoms with Gasteiger partial charge in [-0.15, -0.1) is 0 Å². The van der Waals surface area contributed by atoms with Crippen molar-refractivity contribution in [3.8, 4) is 5.75 Å². The van der Waals surface area contributed by atoms with Gasteiger partial charge in [0.15, 0.2) is 0 Å². The van der Waals surface area contributed by atoms with Crippen LogP contribution >= 0.6 is 27.9 Å². The smallest absolute Gasteiger partial charge is 0.225 e. The summed E-state index contributed by atoms with van der Waals surface area (Å²) in [4.78, 5) is 13.8. The zero-order valence-electron chi connectivity index (χ0n) is 19.8. The Labute approximate surface area is 211 Å². The molecule has 2 atom stereocenters. The molecule has 33 heavy (non-hydrogen) atoms. The molecule has 1 aliphatic carbocycles. The van der Waals surface area contributed by atoms with Crippen molar-refractivity contribution < 1.29 is 5.11 Å². The molecular weight excluding hydrogens is 498 g/mol. The number of aryl methyl sites for hydroxylation is 1. The lowest BCUT2D eigenvalue weighted by Crippen LogP contribution is -2.42. The highest BCUT2D eigenvalue weighted by atomic mass is 79.9. The number of anilines is 1. The first-order valence-electron chi connectivity index (χ1n) is 12.1. The molecule has 2 saturated heterocycles. The molecule has 1 aromatic carbocycles. The number of nitrogens with zero attached hydrogens (tertiary/aromatic N) is 5. The fourth-order valence-electron chi connectivity index (χ4n) is 5.07. The van der Waals surface area contributed by atoms with Crippen molar-refractivity contribution in [2.75, 3.05) is 50.4 Å². The summed E-state index contributed by atoms with van der Waals surface area (Å²) in [6.45, 7) is 9.92. The van der Waals surface area contributed by atoms with E-state index in [0.29, 0.717) is 5.75 Å². The van der Waals surface area contributed by atoms with Gasteiger partial charge in [-0.25, -0.2) is 14.3 Å². The van der Waals surface area contributed by atoms with E-state index in [0.717, 1.165) is 61.4 Å². The van der Waals surface area contributed by atoms with Crippen LogP contribution in [0.15, 0.2) is 35.1 Å². The summed E-state index contributed by atoms with van der Waals surface area (Å²) in [5.74, 6) is 3.07. The molecule has 3 aliphatic rings. The van der Waals surface area contributed by atoms with Gasteiger partial charge in [-0.1, -0.05) is 31.4 Å². The van der Waals surface area contributed by atoms with Crippen molar-refractivity contribution in [3.63, 3.8) is 0 Å². The molecule has 2 aromatic rings. The Morgan fingerprint density at radius 3 is 2.27 bits per heavy atom. The quantitative estimate of drug-likeness (QED) is 0.552. The van der Waals surface area contributed by atoms with Gasteiger partial charge in [0, 0.05) is 58.2 Å². The molecule has 1 N–H and O–H groups in total. The largest absolute Gasteiger partial charge is 0.507 e. The Morgan fingerprint density at radius 2 is 1.70 bits per heavy atom. The fourth-order valence-corrected chi connectivity index (χ4v) is 6.02. The van der Waals surface area contributed by atoms with Crippen molar-refractivity contribution >= 4 is 33.8 Å². The molecule has 5 rings (SSSR count). The van der Waals surface area contributed by atoms with Crippen LogP contribution in [0.5, 0.6) is 5.75 Å². The van der Waals surface area contributed by atoms with E-state index in [4.69, 9.17) is 0 Å². The summed E-state index contributed by atoms with van der Waals surface area (Å²) in [6.07, 6.45) is 11.3. The normalized spacial score (nSPS) is 23.3. The Kier molecular flexibility index (Phi) is 8.91. The van der Waals surface area contributed by atoms with Crippen LogP contribution in [-0.4, -0.2) is 69.8 Å². The molecule has 1 aromatic heterocycles. The van der Waals surface area contributed by atoms with E-state index in [1.54, 1.807) is 6.07 Å². The van der Waals surface area contributed by atoms with Crippen LogP contribution in [0.3, 0.4) is 0 Å². The van der Waals surface area contributed by atoms with Crippen LogP contribution in [-0.2, 0) is 13.0 Å². The lowest BCUT2D eigenvalue weighted by Gasteiger charge is -2.33. The second kappa shape index (κ2) is 11.9. The lowest BCUT2D eigenvalue weighted by molar-refractivity contribution is 0.189. The molecular formula is C25H36BrN5OS. The zero-order valence-corrected chi connectivity index (χ0v) is 22.2. The summed E-state index contributed by atoms with van der Waals surface area (Å²) < 4.78 is 3.17. The van der Waals surface area contributed by atoms with E-state index in [1.165, 1.54) is 43.5 Å². The van der Waals surface area contributed by atoms with Gasteiger partial charge in [-0.2, -0.15) is 0 Å². The van der Waals surface area contributed by atoms with Crippen LogP contribution in [0.2, 0.25) is 0 Å². The molecule has 2 aliphatic heterocycles. The van der Waals surface area contributed by atoms with E-state index in [9.17, 15) is 5.11 Å². The van der Waals surface area contributed by atoms with Crippen LogP contribution in [0, 0.1) is 11.8 Å². The van der Waals surface area contributed by atoms with Gasteiger partial charge in [0.1, 0.15) is 5.75 Å². The average molecular weight is 535 g/mol. The number of aromatic nitrogens is 2. The lowest BCUT2D eigenvalue weighted by atomic mass is 10.0. The van der Waals surface area contributed by atoms with Crippen molar-refractivity contribution in [3.05, 3.63) is 46.2 Å². The van der Waals surface area contributed by atoms with Gasteiger partial charge >= 0.3 is 0 Å². The van der Waals surface area contributed by atoms with E-state index in [1.807, 2.05) is 36.5 Å². The topological polar surface area (TPSA) is 55.7 Å². The van der Waals surface area contributed by atoms with Crippen LogP contribution < -0.4 is 4.90 Å². The van der Waals surface area contributed by atoms with Gasteiger partial charge in [-0.3, -0.25) is 4.90 Å². The molecule has 3 fully saturated rings. The molecule has 0 radical (unpaired) electrons. The van der Waals surface area contributed by atoms with Crippen molar-refractivity contribution in [1.29, 1.82) is 0 Å². The molecule has 0 spiro atoms. The molecule has 3 heterocycles. The standard InChI is InChI=1S/C13H19N3.C12H17BrN2OS/c1-2-10-6-14-13(15-7-10)16-8-11-4-3-5-12(11)9-16;1-17-15-6-4-14(5-7-15)9-10-2-3-12(16)11(13)8-10/h6-7,11-12H,2-5,8-9H2,1H3;2-3,8,16H,4-7,9H2,1H3. The van der Waals surface area contributed by atoms with Gasteiger partial charge in [0.2, 0.25) is 5.95 Å². The first kappa shape index (κ1) is 24.8. The molecule has 0 bridgehead atoms. The second-order valence-corrected chi connectivity index (χ2v) is 11.0. The van der Waals surface area contributed by atoms with Crippen LogP contribution in [0.4, 0.5) is 5.95 Å². The summed E-state index contributed by atoms with van der Waals surface area (Å²) in [5, 5.41) is 9.45. The highest BCUT2D eigenvalue weighted by Crippen LogP contribution is 2.38. The number of halogens is 1. The predicted molar refractivity (Wildman–Crippen MR) is 141 cm³/mol. The molecule has 6 nitrogen and oxygen atoms in total. The number of aromatic hydroxyl groups is 1. The third kappa shape index (κ3) is 6.62. The van der Waals surface area contributed by atoms with Crippen LogP contribution in [0.1, 0.15) is 37.3 Å². The number of phenols is 1. The number of benzene rings is 1. The summed E-state index contributed by atoms with van der Waals surface area (Å²) in [6, 6.07) is 5.73. The first-order chi connectivity index (χ1) is 16.1. The maximum absolute atomic E-state index is 9.45. The van der Waals surface area contributed by atoms with Crippen molar-refractivity contribution in [1.82, 2.24) is 19.2 Å². The van der Waals surface area contributed by atoms with E-state index >= 15 is 0 Å². The number of rotatable bonds is 5. The minimum Gasteiger partial charge on any atom is -0.507 e. The molecule has 1 saturated carbocycles. The summed E-state index contributed by atoms with van der Waals surface area (Å²) >= 11 is 5.18. The van der Waals surface area contributed by atoms with Gasteiger partial charge in [0.25, 0.3) is 0 Å². The third-order valence-corrected chi connectivity index (χ3v) is 8.63. The maximum atomic E-state index is 9.45. The second-order valence-electron chi connectivity index (χ2n) is 9.27. The first-order valence-corrected chi connectivity index (χ1v) is 14.1. The number of piperazine rings is 1.